The number of amides is 1. The van der Waals surface area contributed by atoms with Crippen molar-refractivity contribution in [1.82, 2.24) is 9.88 Å². The molecule has 0 saturated carbocycles. The van der Waals surface area contributed by atoms with E-state index in [-0.39, 0.29) is 35.7 Å². The number of aromatic nitrogens is 1. The smallest absolute Gasteiger partial charge is 0.257 e. The summed E-state index contributed by atoms with van der Waals surface area (Å²) >= 11 is 0. The SMILES string of the molecule is COc1c2n(cc(C(=O)NCc3ccc(F)cc3F)c1=O)CCC(C)(COCO)C2=O. The van der Waals surface area contributed by atoms with E-state index in [0.717, 1.165) is 6.07 Å². The van der Waals surface area contributed by atoms with Crippen LogP contribution >= 0.6 is 0 Å². The number of methoxy groups -OCH3 is 1. The molecule has 31 heavy (non-hydrogen) atoms. The number of nitrogens with zero attached hydrogens (tertiary/aromatic N) is 1. The Kier molecular flexibility index (Phi) is 6.51. The fraction of sp³-hybridized carbons (Fsp3) is 0.381. The highest BCUT2D eigenvalue weighted by atomic mass is 19.1. The van der Waals surface area contributed by atoms with E-state index in [1.54, 1.807) is 6.92 Å². The van der Waals surface area contributed by atoms with E-state index >= 15 is 0 Å². The number of rotatable bonds is 7. The molecular weight excluding hydrogens is 414 g/mol. The zero-order valence-electron chi connectivity index (χ0n) is 17.0. The van der Waals surface area contributed by atoms with Crippen molar-refractivity contribution in [3.8, 4) is 5.75 Å². The van der Waals surface area contributed by atoms with Gasteiger partial charge in [-0.25, -0.2) is 8.78 Å². The molecule has 166 valence electrons. The Morgan fingerprint density at radius 2 is 2.06 bits per heavy atom. The summed E-state index contributed by atoms with van der Waals surface area (Å²) in [6.07, 6.45) is 1.62. The number of carbonyl (C=O) groups excluding carboxylic acids is 2. The molecule has 1 aromatic carbocycles. The zero-order chi connectivity index (χ0) is 22.8. The molecule has 1 aliphatic heterocycles. The molecular formula is C21H22F2N2O6. The van der Waals surface area contributed by atoms with E-state index in [2.05, 4.69) is 5.32 Å². The molecule has 0 saturated heterocycles. The van der Waals surface area contributed by atoms with E-state index in [9.17, 15) is 23.2 Å². The van der Waals surface area contributed by atoms with E-state index in [0.29, 0.717) is 19.0 Å². The first-order chi connectivity index (χ1) is 14.7. The maximum Gasteiger partial charge on any atom is 0.257 e. The lowest BCUT2D eigenvalue weighted by Gasteiger charge is -2.34. The van der Waals surface area contributed by atoms with Crippen LogP contribution in [0.15, 0.2) is 29.2 Å². The highest BCUT2D eigenvalue weighted by Gasteiger charge is 2.42. The molecule has 0 spiro atoms. The Morgan fingerprint density at radius 1 is 1.32 bits per heavy atom. The van der Waals surface area contributed by atoms with Gasteiger partial charge in [0.25, 0.3) is 5.91 Å². The van der Waals surface area contributed by atoms with Gasteiger partial charge in [-0.2, -0.15) is 0 Å². The van der Waals surface area contributed by atoms with Crippen molar-refractivity contribution >= 4 is 11.7 Å². The summed E-state index contributed by atoms with van der Waals surface area (Å²) in [6.45, 7) is 1.13. The average Bonchev–Trinajstić information content (AvgIpc) is 2.74. The van der Waals surface area contributed by atoms with E-state index in [1.807, 2.05) is 0 Å². The summed E-state index contributed by atoms with van der Waals surface area (Å²) in [7, 11) is 1.22. The van der Waals surface area contributed by atoms with Gasteiger partial charge in [0, 0.05) is 30.9 Å². The molecule has 1 aliphatic rings. The van der Waals surface area contributed by atoms with Crippen molar-refractivity contribution in [1.29, 1.82) is 0 Å². The summed E-state index contributed by atoms with van der Waals surface area (Å²) in [5.74, 6) is -3.03. The van der Waals surface area contributed by atoms with Gasteiger partial charge in [-0.05, 0) is 19.4 Å². The van der Waals surface area contributed by atoms with E-state index < -0.39 is 41.0 Å². The Morgan fingerprint density at radius 3 is 2.71 bits per heavy atom. The number of fused-ring (bicyclic) bond motifs is 1. The molecule has 0 aliphatic carbocycles. The van der Waals surface area contributed by atoms with Crippen LogP contribution in [0.1, 0.15) is 39.8 Å². The Hall–Kier alpha value is -3.11. The zero-order valence-corrected chi connectivity index (χ0v) is 17.0. The minimum absolute atomic E-state index is 0.0175. The quantitative estimate of drug-likeness (QED) is 0.639. The number of benzene rings is 1. The fourth-order valence-electron chi connectivity index (χ4n) is 3.51. The van der Waals surface area contributed by atoms with Gasteiger partial charge in [-0.1, -0.05) is 6.07 Å². The molecule has 0 radical (unpaired) electrons. The Labute approximate surface area is 176 Å². The van der Waals surface area contributed by atoms with Crippen molar-refractivity contribution in [2.75, 3.05) is 20.5 Å². The van der Waals surface area contributed by atoms with Crippen LogP contribution in [0.2, 0.25) is 0 Å². The second kappa shape index (κ2) is 8.94. The first-order valence-electron chi connectivity index (χ1n) is 9.49. The molecule has 10 heteroatoms. The number of ketones is 1. The average molecular weight is 436 g/mol. The predicted molar refractivity (Wildman–Crippen MR) is 105 cm³/mol. The second-order valence-electron chi connectivity index (χ2n) is 7.48. The number of nitrogens with one attached hydrogen (secondary N) is 1. The van der Waals surface area contributed by atoms with Crippen molar-refractivity contribution in [2.24, 2.45) is 5.41 Å². The van der Waals surface area contributed by atoms with Crippen LogP contribution in [-0.2, 0) is 17.8 Å². The minimum atomic E-state index is -0.966. The molecule has 0 bridgehead atoms. The summed E-state index contributed by atoms with van der Waals surface area (Å²) in [5.41, 5.74) is -1.96. The monoisotopic (exact) mass is 436 g/mol. The number of hydrogen-bond acceptors (Lipinski definition) is 6. The van der Waals surface area contributed by atoms with Crippen LogP contribution in [0.4, 0.5) is 8.78 Å². The lowest BCUT2D eigenvalue weighted by Crippen LogP contribution is -2.42. The highest BCUT2D eigenvalue weighted by molar-refractivity contribution is 6.03. The Bertz CT molecular complexity index is 1080. The molecule has 1 unspecified atom stereocenters. The van der Waals surface area contributed by atoms with Crippen molar-refractivity contribution in [3.05, 3.63) is 63.1 Å². The molecule has 2 heterocycles. The number of pyridine rings is 1. The van der Waals surface area contributed by atoms with Gasteiger partial charge in [0.15, 0.2) is 11.5 Å². The topological polar surface area (TPSA) is 107 Å². The van der Waals surface area contributed by atoms with Gasteiger partial charge < -0.3 is 24.5 Å². The molecule has 1 aromatic heterocycles. The fourth-order valence-corrected chi connectivity index (χ4v) is 3.51. The number of ether oxygens (including phenoxy) is 2. The van der Waals surface area contributed by atoms with E-state index in [1.165, 1.54) is 23.9 Å². The second-order valence-corrected chi connectivity index (χ2v) is 7.48. The number of aliphatic hydroxyl groups is 1. The third kappa shape index (κ3) is 4.35. The van der Waals surface area contributed by atoms with Gasteiger partial charge in [-0.3, -0.25) is 14.4 Å². The third-order valence-corrected chi connectivity index (χ3v) is 5.32. The molecule has 1 amide bonds. The number of aryl methyl sites for hydroxylation is 1. The normalized spacial score (nSPS) is 17.9. The predicted octanol–water partition coefficient (Wildman–Crippen LogP) is 1.62. The first kappa shape index (κ1) is 22.6. The van der Waals surface area contributed by atoms with Crippen molar-refractivity contribution in [2.45, 2.75) is 26.4 Å². The summed E-state index contributed by atoms with van der Waals surface area (Å²) in [5, 5.41) is 11.3. The number of halogens is 2. The van der Waals surface area contributed by atoms with Gasteiger partial charge in [0.2, 0.25) is 5.43 Å². The minimum Gasteiger partial charge on any atom is -0.491 e. The van der Waals surface area contributed by atoms with E-state index in [4.69, 9.17) is 14.6 Å². The summed E-state index contributed by atoms with van der Waals surface area (Å²) in [4.78, 5) is 38.5. The lowest BCUT2D eigenvalue weighted by molar-refractivity contribution is -0.0374. The number of aliphatic hydroxyl groups excluding tert-OH is 1. The maximum atomic E-state index is 13.8. The third-order valence-electron chi connectivity index (χ3n) is 5.32. The van der Waals surface area contributed by atoms with Gasteiger partial charge in [0.05, 0.1) is 19.1 Å². The number of Topliss-reactive ketones (excluding diaryl/α,β-unsaturated/α-hetero) is 1. The largest absolute Gasteiger partial charge is 0.491 e. The van der Waals surface area contributed by atoms with Crippen LogP contribution in [0.25, 0.3) is 0 Å². The van der Waals surface area contributed by atoms with Crippen LogP contribution in [0, 0.1) is 17.0 Å². The maximum absolute atomic E-state index is 13.8. The van der Waals surface area contributed by atoms with Gasteiger partial charge in [0.1, 0.15) is 29.7 Å². The van der Waals surface area contributed by atoms with Crippen LogP contribution in [-0.4, -0.2) is 41.9 Å². The standard InChI is InChI=1S/C21H22F2N2O6/c1-21(10-31-11-26)5-6-25-9-14(17(27)18(30-2)16(25)19(21)28)20(29)24-8-12-3-4-13(22)7-15(12)23/h3-4,7,9,26H,5-6,8,10-11H2,1-2H3,(H,24,29). The van der Waals surface area contributed by atoms with Crippen LogP contribution in [0.3, 0.4) is 0 Å². The highest BCUT2D eigenvalue weighted by Crippen LogP contribution is 2.35. The van der Waals surface area contributed by atoms with Crippen molar-refractivity contribution < 1.29 is 33.0 Å². The van der Waals surface area contributed by atoms with Gasteiger partial charge in [-0.15, -0.1) is 0 Å². The molecule has 3 rings (SSSR count). The number of carbonyl (C=O) groups is 2. The molecule has 0 fully saturated rings. The molecule has 1 atom stereocenters. The van der Waals surface area contributed by atoms with Gasteiger partial charge >= 0.3 is 0 Å². The Balaban J connectivity index is 1.91. The molecule has 8 nitrogen and oxygen atoms in total. The van der Waals surface area contributed by atoms with Crippen LogP contribution < -0.4 is 15.5 Å². The summed E-state index contributed by atoms with van der Waals surface area (Å²) < 4.78 is 38.5. The molecule has 2 aromatic rings. The number of hydrogen-bond donors (Lipinski definition) is 2. The van der Waals surface area contributed by atoms with Crippen molar-refractivity contribution in [3.63, 3.8) is 0 Å². The molecule has 2 N–H and O–H groups in total. The lowest BCUT2D eigenvalue weighted by atomic mass is 9.78. The first-order valence-corrected chi connectivity index (χ1v) is 9.49. The van der Waals surface area contributed by atoms with Crippen LogP contribution in [0.5, 0.6) is 5.75 Å². The summed E-state index contributed by atoms with van der Waals surface area (Å²) in [6, 6.07) is 2.95.